The Morgan fingerprint density at radius 3 is 2.29 bits per heavy atom. The topological polar surface area (TPSA) is 38.9 Å². The minimum absolute atomic E-state index is 0.764. The minimum Gasteiger partial charge on any atom is -0.396 e. The van der Waals surface area contributed by atoms with Crippen LogP contribution in [0.2, 0.25) is 0 Å². The summed E-state index contributed by atoms with van der Waals surface area (Å²) >= 11 is 1.40. The fourth-order valence-corrected chi connectivity index (χ4v) is 2.17. The second-order valence-corrected chi connectivity index (χ2v) is 4.12. The molecule has 1 heterocycles. The molecule has 2 aromatic rings. The molecule has 1 aromatic heterocycles. The molecular formula is C11H12N2S. The molecule has 0 aliphatic carbocycles. The zero-order valence-corrected chi connectivity index (χ0v) is 9.06. The average molecular weight is 204 g/mol. The zero-order valence-electron chi connectivity index (χ0n) is 8.24. The van der Waals surface area contributed by atoms with Gasteiger partial charge in [0.05, 0.1) is 5.69 Å². The Bertz CT molecular complexity index is 440. The monoisotopic (exact) mass is 204 g/mol. The molecule has 14 heavy (non-hydrogen) atoms. The minimum atomic E-state index is 0.764. The third-order valence-electron chi connectivity index (χ3n) is 2.09. The Kier molecular flexibility index (Phi) is 2.25. The maximum Gasteiger partial charge on any atom is 0.107 e. The lowest BCUT2D eigenvalue weighted by molar-refractivity contribution is 1.37. The first-order chi connectivity index (χ1) is 6.66. The highest BCUT2D eigenvalue weighted by Gasteiger charge is 2.05. The van der Waals surface area contributed by atoms with Crippen molar-refractivity contribution in [2.75, 3.05) is 5.73 Å². The lowest BCUT2D eigenvalue weighted by Gasteiger charge is -2.02. The molecular weight excluding hydrogens is 192 g/mol. The van der Waals surface area contributed by atoms with E-state index in [1.807, 2.05) is 5.38 Å². The maximum absolute atomic E-state index is 5.82. The summed E-state index contributed by atoms with van der Waals surface area (Å²) in [6.45, 7) is 4.16. The normalized spacial score (nSPS) is 10.4. The van der Waals surface area contributed by atoms with Crippen LogP contribution in [0.3, 0.4) is 0 Å². The van der Waals surface area contributed by atoms with Gasteiger partial charge in [-0.05, 0) is 37.5 Å². The quantitative estimate of drug-likeness (QED) is 0.775. The van der Waals surface area contributed by atoms with Crippen molar-refractivity contribution in [3.63, 3.8) is 0 Å². The molecule has 0 saturated heterocycles. The Hall–Kier alpha value is -1.35. The van der Waals surface area contributed by atoms with Crippen molar-refractivity contribution in [3.05, 3.63) is 34.7 Å². The van der Waals surface area contributed by atoms with Crippen LogP contribution in [0.25, 0.3) is 11.3 Å². The van der Waals surface area contributed by atoms with Gasteiger partial charge in [-0.25, -0.2) is 0 Å². The van der Waals surface area contributed by atoms with E-state index in [4.69, 9.17) is 5.73 Å². The molecule has 0 aliphatic rings. The Morgan fingerprint density at radius 2 is 1.79 bits per heavy atom. The highest BCUT2D eigenvalue weighted by Crippen LogP contribution is 2.27. The number of anilines is 1. The molecule has 0 radical (unpaired) electrons. The largest absolute Gasteiger partial charge is 0.396 e. The summed E-state index contributed by atoms with van der Waals surface area (Å²) in [5, 5.41) is 1.87. The van der Waals surface area contributed by atoms with E-state index in [2.05, 4.69) is 36.4 Å². The van der Waals surface area contributed by atoms with E-state index >= 15 is 0 Å². The average Bonchev–Trinajstić information content (AvgIpc) is 2.49. The molecule has 1 aromatic carbocycles. The van der Waals surface area contributed by atoms with Crippen LogP contribution in [0.5, 0.6) is 0 Å². The number of nitrogens with zero attached hydrogens (tertiary/aromatic N) is 1. The van der Waals surface area contributed by atoms with Crippen LogP contribution < -0.4 is 5.73 Å². The predicted molar refractivity (Wildman–Crippen MR) is 61.4 cm³/mol. The summed E-state index contributed by atoms with van der Waals surface area (Å²) < 4.78 is 4.28. The van der Waals surface area contributed by atoms with Crippen LogP contribution >= 0.6 is 11.5 Å². The molecule has 0 atom stereocenters. The fourth-order valence-electron chi connectivity index (χ4n) is 1.58. The number of nitrogens with two attached hydrogens (primary N) is 1. The van der Waals surface area contributed by atoms with Crippen LogP contribution in [0, 0.1) is 13.8 Å². The highest BCUT2D eigenvalue weighted by atomic mass is 32.1. The van der Waals surface area contributed by atoms with Gasteiger partial charge in [0.15, 0.2) is 0 Å². The Morgan fingerprint density at radius 1 is 1.14 bits per heavy atom. The van der Waals surface area contributed by atoms with Crippen LogP contribution in [0.15, 0.2) is 23.6 Å². The number of nitrogen functional groups attached to an aromatic ring is 1. The standard InChI is InChI=1S/C11H12N2S/c1-7-3-8(2)5-9(4-7)11-10(12)6-14-13-11/h3-6H,12H2,1-2H3. The molecule has 0 aliphatic heterocycles. The van der Waals surface area contributed by atoms with Gasteiger partial charge in [-0.3, -0.25) is 0 Å². The van der Waals surface area contributed by atoms with E-state index in [0.717, 1.165) is 16.9 Å². The molecule has 72 valence electrons. The van der Waals surface area contributed by atoms with Gasteiger partial charge in [0.2, 0.25) is 0 Å². The summed E-state index contributed by atoms with van der Waals surface area (Å²) in [5.41, 5.74) is 11.1. The van der Waals surface area contributed by atoms with Crippen LogP contribution in [-0.2, 0) is 0 Å². The van der Waals surface area contributed by atoms with Gasteiger partial charge >= 0.3 is 0 Å². The van der Waals surface area contributed by atoms with Gasteiger partial charge in [-0.2, -0.15) is 4.37 Å². The van der Waals surface area contributed by atoms with Gasteiger partial charge in [-0.15, -0.1) is 0 Å². The maximum atomic E-state index is 5.82. The van der Waals surface area contributed by atoms with E-state index in [1.165, 1.54) is 22.7 Å². The smallest absolute Gasteiger partial charge is 0.107 e. The lowest BCUT2D eigenvalue weighted by atomic mass is 10.0. The summed E-state index contributed by atoms with van der Waals surface area (Å²) in [7, 11) is 0. The first kappa shape index (κ1) is 9.21. The SMILES string of the molecule is Cc1cc(C)cc(-c2nscc2N)c1. The molecule has 2 rings (SSSR count). The molecule has 2 N–H and O–H groups in total. The summed E-state index contributed by atoms with van der Waals surface area (Å²) in [5.74, 6) is 0. The van der Waals surface area contributed by atoms with Crippen LogP contribution in [0.1, 0.15) is 11.1 Å². The van der Waals surface area contributed by atoms with Gasteiger partial charge in [0, 0.05) is 10.9 Å². The number of hydrogen-bond donors (Lipinski definition) is 1. The lowest BCUT2D eigenvalue weighted by Crippen LogP contribution is -1.88. The molecule has 0 bridgehead atoms. The van der Waals surface area contributed by atoms with E-state index in [-0.39, 0.29) is 0 Å². The van der Waals surface area contributed by atoms with Gasteiger partial charge < -0.3 is 5.73 Å². The fraction of sp³-hybridized carbons (Fsp3) is 0.182. The third kappa shape index (κ3) is 1.63. The molecule has 3 heteroatoms. The summed E-state index contributed by atoms with van der Waals surface area (Å²) in [6.07, 6.45) is 0. The van der Waals surface area contributed by atoms with Gasteiger partial charge in [-0.1, -0.05) is 17.2 Å². The summed E-state index contributed by atoms with van der Waals surface area (Å²) in [6, 6.07) is 6.36. The Balaban J connectivity index is 2.57. The number of benzene rings is 1. The van der Waals surface area contributed by atoms with Gasteiger partial charge in [0.25, 0.3) is 0 Å². The molecule has 0 fully saturated rings. The van der Waals surface area contributed by atoms with E-state index < -0.39 is 0 Å². The Labute approximate surface area is 87.6 Å². The van der Waals surface area contributed by atoms with Crippen molar-refractivity contribution in [2.45, 2.75) is 13.8 Å². The van der Waals surface area contributed by atoms with Crippen molar-refractivity contribution < 1.29 is 0 Å². The summed E-state index contributed by atoms with van der Waals surface area (Å²) in [4.78, 5) is 0. The van der Waals surface area contributed by atoms with Crippen molar-refractivity contribution >= 4 is 17.2 Å². The van der Waals surface area contributed by atoms with Crippen LogP contribution in [0.4, 0.5) is 5.69 Å². The number of hydrogen-bond acceptors (Lipinski definition) is 3. The third-order valence-corrected chi connectivity index (χ3v) is 2.74. The molecule has 0 unspecified atom stereocenters. The van der Waals surface area contributed by atoms with Crippen molar-refractivity contribution in [2.24, 2.45) is 0 Å². The van der Waals surface area contributed by atoms with E-state index in [9.17, 15) is 0 Å². The van der Waals surface area contributed by atoms with Gasteiger partial charge in [0.1, 0.15) is 5.69 Å². The first-order valence-electron chi connectivity index (χ1n) is 4.45. The number of rotatable bonds is 1. The molecule has 0 saturated carbocycles. The second-order valence-electron chi connectivity index (χ2n) is 3.49. The van der Waals surface area contributed by atoms with E-state index in [0.29, 0.717) is 0 Å². The van der Waals surface area contributed by atoms with Crippen molar-refractivity contribution in [1.82, 2.24) is 4.37 Å². The number of aromatic nitrogens is 1. The van der Waals surface area contributed by atoms with Crippen molar-refractivity contribution in [3.8, 4) is 11.3 Å². The molecule has 2 nitrogen and oxygen atoms in total. The highest BCUT2D eigenvalue weighted by molar-refractivity contribution is 7.04. The second kappa shape index (κ2) is 3.42. The zero-order chi connectivity index (χ0) is 10.1. The predicted octanol–water partition coefficient (Wildman–Crippen LogP) is 3.01. The first-order valence-corrected chi connectivity index (χ1v) is 5.29. The van der Waals surface area contributed by atoms with Crippen molar-refractivity contribution in [1.29, 1.82) is 0 Å². The number of aryl methyl sites for hydroxylation is 2. The van der Waals surface area contributed by atoms with Crippen LogP contribution in [-0.4, -0.2) is 4.37 Å². The molecule has 0 spiro atoms. The van der Waals surface area contributed by atoms with E-state index in [1.54, 1.807) is 0 Å². The molecule has 0 amide bonds.